The molecule has 0 aromatic heterocycles. The van der Waals surface area contributed by atoms with E-state index in [1.165, 1.54) is 0 Å². The topological polar surface area (TPSA) is 104 Å². The molecule has 21 heavy (non-hydrogen) atoms. The Morgan fingerprint density at radius 2 is 1.67 bits per heavy atom. The van der Waals surface area contributed by atoms with Crippen molar-refractivity contribution in [3.63, 3.8) is 0 Å². The summed E-state index contributed by atoms with van der Waals surface area (Å²) < 4.78 is 0. The summed E-state index contributed by atoms with van der Waals surface area (Å²) in [6.45, 7) is 6.87. The van der Waals surface area contributed by atoms with Gasteiger partial charge < -0.3 is 15.9 Å². The van der Waals surface area contributed by atoms with Crippen LogP contribution in [0.5, 0.6) is 0 Å². The van der Waals surface area contributed by atoms with E-state index in [1.54, 1.807) is 0 Å². The lowest BCUT2D eigenvalue weighted by atomic mass is 10.1. The van der Waals surface area contributed by atoms with Crippen LogP contribution >= 0.6 is 11.6 Å². The lowest BCUT2D eigenvalue weighted by Crippen LogP contribution is -2.33. The second-order valence-corrected chi connectivity index (χ2v) is 4.51. The number of carboxylic acids is 2. The van der Waals surface area contributed by atoms with Gasteiger partial charge in [0.25, 0.3) is 0 Å². The maximum atomic E-state index is 9.10. The van der Waals surface area contributed by atoms with E-state index in [1.807, 2.05) is 18.2 Å². The Bertz CT molecular complexity index is 452. The van der Waals surface area contributed by atoms with E-state index in [0.717, 1.165) is 23.7 Å². The van der Waals surface area contributed by atoms with Crippen LogP contribution < -0.4 is 5.73 Å². The van der Waals surface area contributed by atoms with Gasteiger partial charge in [-0.15, -0.1) is 0 Å². The van der Waals surface area contributed by atoms with E-state index in [-0.39, 0.29) is 6.04 Å². The first-order valence-corrected chi connectivity index (χ1v) is 6.91. The molecule has 118 valence electrons. The van der Waals surface area contributed by atoms with Gasteiger partial charge >= 0.3 is 11.9 Å². The summed E-state index contributed by atoms with van der Waals surface area (Å²) in [7, 11) is 0. The second kappa shape index (κ2) is 10.1. The van der Waals surface area contributed by atoms with Crippen LogP contribution in [0.1, 0.15) is 25.5 Å². The smallest absolute Gasteiger partial charge is 0.414 e. The summed E-state index contributed by atoms with van der Waals surface area (Å²) in [6, 6.07) is 8.16. The molecule has 1 aromatic rings. The van der Waals surface area contributed by atoms with Crippen molar-refractivity contribution in [3.05, 3.63) is 34.9 Å². The molecule has 1 aromatic carbocycles. The predicted octanol–water partition coefficient (Wildman–Crippen LogP) is 1.84. The summed E-state index contributed by atoms with van der Waals surface area (Å²) in [5.74, 6) is -3.65. The summed E-state index contributed by atoms with van der Waals surface area (Å²) in [5, 5.41) is 15.6. The quantitative estimate of drug-likeness (QED) is 0.716. The van der Waals surface area contributed by atoms with Crippen molar-refractivity contribution in [1.29, 1.82) is 0 Å². The van der Waals surface area contributed by atoms with Crippen LogP contribution in [0.4, 0.5) is 0 Å². The van der Waals surface area contributed by atoms with Crippen molar-refractivity contribution in [1.82, 2.24) is 4.90 Å². The molecule has 0 aliphatic carbocycles. The molecular weight excluding hydrogens is 296 g/mol. The standard InChI is InChI=1S/C12H19ClN2.C2H2O4/c1-3-15(4-2)12(9-14)10-7-5-6-8-11(10)13;3-1(4)2(5)6/h5-8,12H,3-4,9,14H2,1-2H3;(H,3,4)(H,5,6). The van der Waals surface area contributed by atoms with Crippen LogP contribution in [-0.4, -0.2) is 46.7 Å². The molecule has 1 rings (SSSR count). The molecule has 0 spiro atoms. The first-order chi connectivity index (χ1) is 9.88. The zero-order valence-electron chi connectivity index (χ0n) is 12.1. The Labute approximate surface area is 129 Å². The molecule has 1 atom stereocenters. The molecule has 0 amide bonds. The number of hydrogen-bond donors (Lipinski definition) is 3. The third-order valence-electron chi connectivity index (χ3n) is 2.92. The summed E-state index contributed by atoms with van der Waals surface area (Å²) >= 11 is 6.17. The highest BCUT2D eigenvalue weighted by Crippen LogP contribution is 2.26. The average Bonchev–Trinajstić information content (AvgIpc) is 2.46. The highest BCUT2D eigenvalue weighted by Gasteiger charge is 2.17. The van der Waals surface area contributed by atoms with Crippen LogP contribution in [0.15, 0.2) is 24.3 Å². The molecule has 0 heterocycles. The second-order valence-electron chi connectivity index (χ2n) is 4.10. The summed E-state index contributed by atoms with van der Waals surface area (Å²) in [4.78, 5) is 20.5. The fourth-order valence-corrected chi connectivity index (χ4v) is 2.14. The molecule has 0 bridgehead atoms. The van der Waals surface area contributed by atoms with Crippen molar-refractivity contribution < 1.29 is 19.8 Å². The van der Waals surface area contributed by atoms with Crippen molar-refractivity contribution in [2.75, 3.05) is 19.6 Å². The minimum atomic E-state index is -1.82. The molecule has 0 fully saturated rings. The largest absolute Gasteiger partial charge is 0.473 e. The number of nitrogens with zero attached hydrogens (tertiary/aromatic N) is 1. The average molecular weight is 317 g/mol. The maximum Gasteiger partial charge on any atom is 0.414 e. The van der Waals surface area contributed by atoms with Gasteiger partial charge in [-0.1, -0.05) is 43.6 Å². The van der Waals surface area contributed by atoms with Crippen LogP contribution in [0, 0.1) is 0 Å². The van der Waals surface area contributed by atoms with Gasteiger partial charge in [0, 0.05) is 17.6 Å². The fraction of sp³-hybridized carbons (Fsp3) is 0.429. The molecule has 6 nitrogen and oxygen atoms in total. The van der Waals surface area contributed by atoms with Crippen LogP contribution in [0.2, 0.25) is 5.02 Å². The minimum Gasteiger partial charge on any atom is -0.473 e. The first-order valence-electron chi connectivity index (χ1n) is 6.53. The number of halogens is 1. The molecule has 0 saturated carbocycles. The van der Waals surface area contributed by atoms with Crippen molar-refractivity contribution >= 4 is 23.5 Å². The Balaban J connectivity index is 0.000000567. The number of nitrogens with two attached hydrogens (primary N) is 1. The van der Waals surface area contributed by atoms with Crippen molar-refractivity contribution in [2.45, 2.75) is 19.9 Å². The lowest BCUT2D eigenvalue weighted by Gasteiger charge is -2.29. The summed E-state index contributed by atoms with van der Waals surface area (Å²) in [6.07, 6.45) is 0. The Kier molecular flexibility index (Phi) is 9.36. The van der Waals surface area contributed by atoms with Gasteiger partial charge in [0.15, 0.2) is 0 Å². The van der Waals surface area contributed by atoms with Crippen LogP contribution in [0.3, 0.4) is 0 Å². The van der Waals surface area contributed by atoms with Gasteiger partial charge in [0.2, 0.25) is 0 Å². The zero-order valence-corrected chi connectivity index (χ0v) is 12.9. The van der Waals surface area contributed by atoms with Gasteiger partial charge in [-0.05, 0) is 24.7 Å². The number of aliphatic carboxylic acids is 2. The van der Waals surface area contributed by atoms with E-state index in [2.05, 4.69) is 24.8 Å². The van der Waals surface area contributed by atoms with E-state index < -0.39 is 11.9 Å². The Hall–Kier alpha value is -1.63. The number of rotatable bonds is 5. The predicted molar refractivity (Wildman–Crippen MR) is 81.4 cm³/mol. The van der Waals surface area contributed by atoms with Crippen molar-refractivity contribution in [3.8, 4) is 0 Å². The monoisotopic (exact) mass is 316 g/mol. The highest BCUT2D eigenvalue weighted by atomic mass is 35.5. The molecule has 0 saturated heterocycles. The van der Waals surface area contributed by atoms with Crippen LogP contribution in [0.25, 0.3) is 0 Å². The highest BCUT2D eigenvalue weighted by molar-refractivity contribution is 6.31. The third-order valence-corrected chi connectivity index (χ3v) is 3.27. The van der Waals surface area contributed by atoms with Gasteiger partial charge in [-0.3, -0.25) is 4.90 Å². The number of carboxylic acid groups (broad SMARTS) is 2. The molecule has 7 heteroatoms. The maximum absolute atomic E-state index is 9.10. The number of hydrogen-bond acceptors (Lipinski definition) is 4. The zero-order chi connectivity index (χ0) is 16.4. The summed E-state index contributed by atoms with van der Waals surface area (Å²) in [5.41, 5.74) is 6.96. The van der Waals surface area contributed by atoms with E-state index in [0.29, 0.717) is 6.54 Å². The van der Waals surface area contributed by atoms with Gasteiger partial charge in [0.05, 0.1) is 0 Å². The normalized spacial score (nSPS) is 11.5. The minimum absolute atomic E-state index is 0.230. The molecular formula is C14H21ClN2O4. The van der Waals surface area contributed by atoms with Gasteiger partial charge in [-0.25, -0.2) is 9.59 Å². The molecule has 1 unspecified atom stereocenters. The molecule has 4 N–H and O–H groups in total. The Morgan fingerprint density at radius 3 is 2.00 bits per heavy atom. The molecule has 0 aliphatic heterocycles. The lowest BCUT2D eigenvalue weighted by molar-refractivity contribution is -0.159. The van der Waals surface area contributed by atoms with Gasteiger partial charge in [-0.2, -0.15) is 0 Å². The van der Waals surface area contributed by atoms with Gasteiger partial charge in [0.1, 0.15) is 0 Å². The first kappa shape index (κ1) is 19.4. The fourth-order valence-electron chi connectivity index (χ4n) is 1.88. The van der Waals surface area contributed by atoms with Crippen molar-refractivity contribution in [2.24, 2.45) is 5.73 Å². The number of carbonyl (C=O) groups is 2. The molecule has 0 aliphatic rings. The molecule has 0 radical (unpaired) electrons. The third kappa shape index (κ3) is 6.57. The number of likely N-dealkylation sites (N-methyl/N-ethyl adjacent to an activating group) is 1. The Morgan fingerprint density at radius 1 is 1.19 bits per heavy atom. The van der Waals surface area contributed by atoms with E-state index in [4.69, 9.17) is 37.1 Å². The van der Waals surface area contributed by atoms with Crippen LogP contribution in [-0.2, 0) is 9.59 Å². The van der Waals surface area contributed by atoms with E-state index in [9.17, 15) is 0 Å². The number of benzene rings is 1. The van der Waals surface area contributed by atoms with E-state index >= 15 is 0 Å². The SMILES string of the molecule is CCN(CC)C(CN)c1ccccc1Cl.O=C(O)C(=O)O.